The third-order valence-corrected chi connectivity index (χ3v) is 5.60. The maximum atomic E-state index is 14.2. The fraction of sp³-hybridized carbons (Fsp3) is 0.650. The minimum absolute atomic E-state index is 0. The molecule has 3 rings (SSSR count). The number of benzene rings is 1. The van der Waals surface area contributed by atoms with E-state index < -0.39 is 0 Å². The molecule has 5 nitrogen and oxygen atoms in total. The van der Waals surface area contributed by atoms with Crippen molar-refractivity contribution >= 4 is 29.9 Å². The van der Waals surface area contributed by atoms with Gasteiger partial charge in [-0.05, 0) is 31.4 Å². The molecular formula is C20H31FIN3O2. The normalized spacial score (nSPS) is 20.5. The predicted octanol–water partition coefficient (Wildman–Crippen LogP) is 3.23. The van der Waals surface area contributed by atoms with E-state index in [0.717, 1.165) is 43.8 Å². The molecule has 1 heterocycles. The van der Waals surface area contributed by atoms with E-state index in [4.69, 9.17) is 14.5 Å². The van der Waals surface area contributed by atoms with E-state index >= 15 is 0 Å². The zero-order chi connectivity index (χ0) is 18.5. The van der Waals surface area contributed by atoms with Gasteiger partial charge in [-0.1, -0.05) is 18.2 Å². The Morgan fingerprint density at radius 3 is 2.48 bits per heavy atom. The van der Waals surface area contributed by atoms with Crippen molar-refractivity contribution in [2.75, 3.05) is 40.0 Å². The first-order valence-corrected chi connectivity index (χ1v) is 9.53. The summed E-state index contributed by atoms with van der Waals surface area (Å²) in [6.07, 6.45) is 3.70. The van der Waals surface area contributed by atoms with E-state index in [9.17, 15) is 4.39 Å². The van der Waals surface area contributed by atoms with Crippen LogP contribution in [0.25, 0.3) is 0 Å². The molecule has 0 radical (unpaired) electrons. The van der Waals surface area contributed by atoms with Crippen molar-refractivity contribution in [1.29, 1.82) is 0 Å². The number of methoxy groups -OCH3 is 1. The first-order valence-electron chi connectivity index (χ1n) is 9.53. The van der Waals surface area contributed by atoms with Crippen molar-refractivity contribution in [3.05, 3.63) is 35.6 Å². The quantitative estimate of drug-likeness (QED) is 0.350. The summed E-state index contributed by atoms with van der Waals surface area (Å²) < 4.78 is 25.4. The van der Waals surface area contributed by atoms with Crippen LogP contribution < -0.4 is 10.6 Å². The molecule has 1 aromatic carbocycles. The predicted molar refractivity (Wildman–Crippen MR) is 117 cm³/mol. The van der Waals surface area contributed by atoms with Gasteiger partial charge in [0.15, 0.2) is 5.96 Å². The van der Waals surface area contributed by atoms with Gasteiger partial charge in [0, 0.05) is 51.7 Å². The zero-order valence-corrected chi connectivity index (χ0v) is 18.6. The second-order valence-corrected chi connectivity index (χ2v) is 7.31. The second kappa shape index (κ2) is 10.0. The SMILES string of the molecule is CCNC(=NCC1(OC)CCOCC1)NCC1(c2ccccc2F)CC1.I. The van der Waals surface area contributed by atoms with Crippen molar-refractivity contribution < 1.29 is 13.9 Å². The van der Waals surface area contributed by atoms with E-state index in [2.05, 4.69) is 10.6 Å². The molecule has 152 valence electrons. The Morgan fingerprint density at radius 1 is 1.19 bits per heavy atom. The summed E-state index contributed by atoms with van der Waals surface area (Å²) in [7, 11) is 1.75. The maximum absolute atomic E-state index is 14.2. The van der Waals surface area contributed by atoms with E-state index in [1.165, 1.54) is 0 Å². The van der Waals surface area contributed by atoms with Gasteiger partial charge in [0.2, 0.25) is 0 Å². The Balaban J connectivity index is 0.00000261. The Morgan fingerprint density at radius 2 is 1.89 bits per heavy atom. The number of aliphatic imine (C=N–C) groups is 1. The summed E-state index contributed by atoms with van der Waals surface area (Å²) in [5, 5.41) is 6.70. The highest BCUT2D eigenvalue weighted by Crippen LogP contribution is 2.48. The van der Waals surface area contributed by atoms with Gasteiger partial charge in [-0.3, -0.25) is 4.99 Å². The van der Waals surface area contributed by atoms with Gasteiger partial charge in [-0.2, -0.15) is 0 Å². The third-order valence-electron chi connectivity index (χ3n) is 5.60. The molecule has 1 saturated heterocycles. The van der Waals surface area contributed by atoms with Crippen LogP contribution in [-0.2, 0) is 14.9 Å². The van der Waals surface area contributed by atoms with Gasteiger partial charge in [0.05, 0.1) is 12.1 Å². The highest BCUT2D eigenvalue weighted by Gasteiger charge is 2.45. The monoisotopic (exact) mass is 491 g/mol. The summed E-state index contributed by atoms with van der Waals surface area (Å²) in [6.45, 7) is 5.52. The summed E-state index contributed by atoms with van der Waals surface area (Å²) >= 11 is 0. The number of ether oxygens (including phenoxy) is 2. The topological polar surface area (TPSA) is 54.9 Å². The molecule has 1 aliphatic heterocycles. The molecule has 0 aromatic heterocycles. The maximum Gasteiger partial charge on any atom is 0.191 e. The van der Waals surface area contributed by atoms with Gasteiger partial charge in [0.25, 0.3) is 0 Å². The van der Waals surface area contributed by atoms with Crippen molar-refractivity contribution in [1.82, 2.24) is 10.6 Å². The van der Waals surface area contributed by atoms with E-state index in [1.807, 2.05) is 19.1 Å². The Hall–Kier alpha value is -0.930. The minimum atomic E-state index is -0.247. The molecule has 0 spiro atoms. The van der Waals surface area contributed by atoms with Gasteiger partial charge in [-0.25, -0.2) is 4.39 Å². The summed E-state index contributed by atoms with van der Waals surface area (Å²) in [4.78, 5) is 4.75. The molecule has 2 N–H and O–H groups in total. The Kier molecular flexibility index (Phi) is 8.30. The molecular weight excluding hydrogens is 460 g/mol. The average molecular weight is 491 g/mol. The van der Waals surface area contributed by atoms with Gasteiger partial charge >= 0.3 is 0 Å². The Labute approximate surface area is 178 Å². The number of nitrogens with one attached hydrogen (secondary N) is 2. The van der Waals surface area contributed by atoms with E-state index in [0.29, 0.717) is 26.3 Å². The van der Waals surface area contributed by atoms with Gasteiger partial charge < -0.3 is 20.1 Å². The van der Waals surface area contributed by atoms with Crippen LogP contribution in [0.15, 0.2) is 29.3 Å². The van der Waals surface area contributed by atoms with Crippen LogP contribution in [0.5, 0.6) is 0 Å². The zero-order valence-electron chi connectivity index (χ0n) is 16.2. The molecule has 0 unspecified atom stereocenters. The molecule has 1 aliphatic carbocycles. The molecule has 0 amide bonds. The van der Waals surface area contributed by atoms with Crippen LogP contribution >= 0.6 is 24.0 Å². The van der Waals surface area contributed by atoms with Crippen molar-refractivity contribution in [3.63, 3.8) is 0 Å². The van der Waals surface area contributed by atoms with Crippen LogP contribution in [0, 0.1) is 5.82 Å². The molecule has 1 saturated carbocycles. The fourth-order valence-electron chi connectivity index (χ4n) is 3.57. The number of guanidine groups is 1. The lowest BCUT2D eigenvalue weighted by Gasteiger charge is -2.34. The number of rotatable bonds is 7. The van der Waals surface area contributed by atoms with E-state index in [-0.39, 0.29) is 40.8 Å². The fourth-order valence-corrected chi connectivity index (χ4v) is 3.57. The van der Waals surface area contributed by atoms with Crippen molar-refractivity contribution in [3.8, 4) is 0 Å². The number of hydrogen-bond donors (Lipinski definition) is 2. The first-order chi connectivity index (χ1) is 12.6. The van der Waals surface area contributed by atoms with Crippen molar-refractivity contribution in [2.45, 2.75) is 43.6 Å². The molecule has 2 fully saturated rings. The lowest BCUT2D eigenvalue weighted by Crippen LogP contribution is -2.45. The highest BCUT2D eigenvalue weighted by molar-refractivity contribution is 14.0. The molecule has 0 bridgehead atoms. The second-order valence-electron chi connectivity index (χ2n) is 7.31. The lowest BCUT2D eigenvalue weighted by atomic mass is 9.94. The summed E-state index contributed by atoms with van der Waals surface area (Å²) in [6, 6.07) is 7.09. The standard InChI is InChI=1S/C20H30FN3O2.HI/c1-3-22-18(24-15-20(25-2)10-12-26-13-11-20)23-14-19(8-9-19)16-6-4-5-7-17(16)21;/h4-7H,3,8-15H2,1-2H3,(H2,22,23,24);1H. The highest BCUT2D eigenvalue weighted by atomic mass is 127. The minimum Gasteiger partial charge on any atom is -0.381 e. The first kappa shape index (κ1) is 22.4. The molecule has 2 aliphatic rings. The number of nitrogens with zero attached hydrogens (tertiary/aromatic N) is 1. The largest absolute Gasteiger partial charge is 0.381 e. The van der Waals surface area contributed by atoms with Crippen LogP contribution in [0.4, 0.5) is 4.39 Å². The molecule has 0 atom stereocenters. The summed E-state index contributed by atoms with van der Waals surface area (Å²) in [5.41, 5.74) is 0.448. The van der Waals surface area contributed by atoms with Crippen molar-refractivity contribution in [2.24, 2.45) is 4.99 Å². The van der Waals surface area contributed by atoms with Crippen LogP contribution in [0.1, 0.15) is 38.2 Å². The van der Waals surface area contributed by atoms with E-state index in [1.54, 1.807) is 19.2 Å². The van der Waals surface area contributed by atoms with Gasteiger partial charge in [-0.15, -0.1) is 24.0 Å². The number of halogens is 2. The summed E-state index contributed by atoms with van der Waals surface area (Å²) in [5.74, 6) is 0.646. The number of hydrogen-bond acceptors (Lipinski definition) is 3. The smallest absolute Gasteiger partial charge is 0.191 e. The van der Waals surface area contributed by atoms with Gasteiger partial charge in [0.1, 0.15) is 5.82 Å². The van der Waals surface area contributed by atoms with Crippen LogP contribution in [-0.4, -0.2) is 51.5 Å². The molecule has 1 aromatic rings. The average Bonchev–Trinajstić information content (AvgIpc) is 3.46. The molecule has 27 heavy (non-hydrogen) atoms. The third kappa shape index (κ3) is 5.54. The Bertz CT molecular complexity index is 631. The van der Waals surface area contributed by atoms with Crippen LogP contribution in [0.2, 0.25) is 0 Å². The lowest BCUT2D eigenvalue weighted by molar-refractivity contribution is -0.0828. The van der Waals surface area contributed by atoms with Crippen LogP contribution in [0.3, 0.4) is 0 Å². The molecule has 7 heteroatoms.